The molecule has 0 aliphatic carbocycles. The third-order valence-corrected chi connectivity index (χ3v) is 2.99. The Morgan fingerprint density at radius 3 is 2.57 bits per heavy atom. The largest absolute Gasteiger partial charge is 0.377 e. The Hall–Kier alpha value is -0.410. The van der Waals surface area contributed by atoms with Gasteiger partial charge in [0.1, 0.15) is 6.61 Å². The van der Waals surface area contributed by atoms with Gasteiger partial charge in [0, 0.05) is 7.11 Å². The van der Waals surface area contributed by atoms with Crippen molar-refractivity contribution in [1.29, 1.82) is 0 Å². The van der Waals surface area contributed by atoms with Crippen LogP contribution in [-0.2, 0) is 9.53 Å². The average molecular weight is 199 g/mol. The minimum atomic E-state index is 0.197. The average Bonchev–Trinajstić information content (AvgIpc) is 2.19. The van der Waals surface area contributed by atoms with Crippen LogP contribution in [0.2, 0.25) is 0 Å². The van der Waals surface area contributed by atoms with Crippen molar-refractivity contribution in [2.24, 2.45) is 5.92 Å². The third kappa shape index (κ3) is 3.76. The van der Waals surface area contributed by atoms with Gasteiger partial charge in [0.25, 0.3) is 0 Å². The molecule has 3 nitrogen and oxygen atoms in total. The van der Waals surface area contributed by atoms with E-state index in [4.69, 9.17) is 4.74 Å². The lowest BCUT2D eigenvalue weighted by molar-refractivity contribution is -0.124. The molecule has 0 amide bonds. The fourth-order valence-corrected chi connectivity index (χ4v) is 2.01. The summed E-state index contributed by atoms with van der Waals surface area (Å²) in [6.45, 7) is 5.23. The van der Waals surface area contributed by atoms with Gasteiger partial charge in [-0.25, -0.2) is 0 Å². The number of hydrogen-bond donors (Lipinski definition) is 0. The van der Waals surface area contributed by atoms with Gasteiger partial charge in [-0.15, -0.1) is 0 Å². The first-order chi connectivity index (χ1) is 6.76. The Labute approximate surface area is 86.4 Å². The molecule has 0 N–H and O–H groups in total. The number of likely N-dealkylation sites (tertiary alicyclic amines) is 1. The maximum atomic E-state index is 11.3. The summed E-state index contributed by atoms with van der Waals surface area (Å²) in [6, 6.07) is 0. The van der Waals surface area contributed by atoms with E-state index in [0.29, 0.717) is 6.54 Å². The molecule has 0 aromatic heterocycles. The van der Waals surface area contributed by atoms with Crippen molar-refractivity contribution < 1.29 is 9.53 Å². The maximum absolute atomic E-state index is 11.3. The highest BCUT2D eigenvalue weighted by Gasteiger charge is 2.19. The fourth-order valence-electron chi connectivity index (χ4n) is 2.01. The topological polar surface area (TPSA) is 29.5 Å². The van der Waals surface area contributed by atoms with Crippen LogP contribution in [0.5, 0.6) is 0 Å². The van der Waals surface area contributed by atoms with Crippen LogP contribution in [0.4, 0.5) is 0 Å². The fraction of sp³-hybridized carbons (Fsp3) is 0.909. The van der Waals surface area contributed by atoms with Gasteiger partial charge in [0.05, 0.1) is 6.54 Å². The molecule has 1 aliphatic rings. The SMILES string of the molecule is CCC1CCN(CC(=O)COC)CC1. The monoisotopic (exact) mass is 199 g/mol. The standard InChI is InChI=1S/C11H21NO2/c1-3-10-4-6-12(7-5-10)8-11(13)9-14-2/h10H,3-9H2,1-2H3. The Morgan fingerprint density at radius 2 is 2.07 bits per heavy atom. The van der Waals surface area contributed by atoms with E-state index in [1.54, 1.807) is 7.11 Å². The van der Waals surface area contributed by atoms with Crippen molar-refractivity contribution in [2.75, 3.05) is 33.4 Å². The lowest BCUT2D eigenvalue weighted by Crippen LogP contribution is -2.38. The zero-order valence-corrected chi connectivity index (χ0v) is 9.29. The summed E-state index contributed by atoms with van der Waals surface area (Å²) in [6.07, 6.45) is 3.77. The Morgan fingerprint density at radius 1 is 1.43 bits per heavy atom. The van der Waals surface area contributed by atoms with E-state index in [1.807, 2.05) is 0 Å². The molecule has 3 heteroatoms. The number of piperidine rings is 1. The van der Waals surface area contributed by atoms with Crippen molar-refractivity contribution in [1.82, 2.24) is 4.90 Å². The van der Waals surface area contributed by atoms with Gasteiger partial charge in [0.15, 0.2) is 5.78 Å². The lowest BCUT2D eigenvalue weighted by atomic mass is 9.94. The first-order valence-electron chi connectivity index (χ1n) is 5.49. The second-order valence-electron chi connectivity index (χ2n) is 4.10. The highest BCUT2D eigenvalue weighted by molar-refractivity contribution is 5.81. The van der Waals surface area contributed by atoms with Gasteiger partial charge in [-0.05, 0) is 31.8 Å². The molecular weight excluding hydrogens is 178 g/mol. The zero-order chi connectivity index (χ0) is 10.4. The van der Waals surface area contributed by atoms with Crippen molar-refractivity contribution in [3.63, 3.8) is 0 Å². The normalized spacial score (nSPS) is 19.9. The quantitative estimate of drug-likeness (QED) is 0.669. The summed E-state index contributed by atoms with van der Waals surface area (Å²) in [5.74, 6) is 1.08. The van der Waals surface area contributed by atoms with E-state index >= 15 is 0 Å². The molecule has 1 saturated heterocycles. The molecule has 1 fully saturated rings. The number of carbonyl (C=O) groups is 1. The molecule has 0 saturated carbocycles. The summed E-state index contributed by atoms with van der Waals surface area (Å²) in [5.41, 5.74) is 0. The minimum absolute atomic E-state index is 0.197. The number of carbonyl (C=O) groups excluding carboxylic acids is 1. The van der Waals surface area contributed by atoms with Crippen LogP contribution in [0, 0.1) is 5.92 Å². The highest BCUT2D eigenvalue weighted by Crippen LogP contribution is 2.19. The van der Waals surface area contributed by atoms with Crippen LogP contribution in [0.25, 0.3) is 0 Å². The molecule has 0 aromatic rings. The van der Waals surface area contributed by atoms with E-state index in [2.05, 4.69) is 11.8 Å². The first kappa shape index (κ1) is 11.7. The van der Waals surface area contributed by atoms with Crippen LogP contribution in [0.1, 0.15) is 26.2 Å². The van der Waals surface area contributed by atoms with Crippen LogP contribution in [0.15, 0.2) is 0 Å². The van der Waals surface area contributed by atoms with E-state index in [-0.39, 0.29) is 12.4 Å². The molecule has 1 rings (SSSR count). The number of methoxy groups -OCH3 is 1. The van der Waals surface area contributed by atoms with Gasteiger partial charge < -0.3 is 4.74 Å². The molecule has 14 heavy (non-hydrogen) atoms. The molecular formula is C11H21NO2. The summed E-state index contributed by atoms with van der Waals surface area (Å²) >= 11 is 0. The molecule has 0 unspecified atom stereocenters. The molecule has 0 radical (unpaired) electrons. The van der Waals surface area contributed by atoms with E-state index in [1.165, 1.54) is 19.3 Å². The predicted molar refractivity (Wildman–Crippen MR) is 56.3 cm³/mol. The van der Waals surface area contributed by atoms with E-state index in [9.17, 15) is 4.79 Å². The van der Waals surface area contributed by atoms with Crippen LogP contribution in [0.3, 0.4) is 0 Å². The summed E-state index contributed by atoms with van der Waals surface area (Å²) in [7, 11) is 1.57. The Kier molecular flexibility index (Phi) is 5.12. The second-order valence-corrected chi connectivity index (χ2v) is 4.10. The number of ketones is 1. The second kappa shape index (κ2) is 6.14. The smallest absolute Gasteiger partial charge is 0.172 e. The first-order valence-corrected chi connectivity index (χ1v) is 5.49. The van der Waals surface area contributed by atoms with Gasteiger partial charge in [-0.1, -0.05) is 13.3 Å². The molecule has 1 aliphatic heterocycles. The van der Waals surface area contributed by atoms with Gasteiger partial charge in [0.2, 0.25) is 0 Å². The summed E-state index contributed by atoms with van der Waals surface area (Å²) in [5, 5.41) is 0. The number of rotatable bonds is 5. The van der Waals surface area contributed by atoms with Crippen molar-refractivity contribution in [2.45, 2.75) is 26.2 Å². The molecule has 0 atom stereocenters. The van der Waals surface area contributed by atoms with E-state index < -0.39 is 0 Å². The Bertz CT molecular complexity index is 174. The van der Waals surface area contributed by atoms with Gasteiger partial charge in [-0.2, -0.15) is 0 Å². The van der Waals surface area contributed by atoms with Gasteiger partial charge in [-0.3, -0.25) is 9.69 Å². The zero-order valence-electron chi connectivity index (χ0n) is 9.29. The van der Waals surface area contributed by atoms with Crippen molar-refractivity contribution in [3.8, 4) is 0 Å². The summed E-state index contributed by atoms with van der Waals surface area (Å²) in [4.78, 5) is 13.5. The molecule has 0 bridgehead atoms. The highest BCUT2D eigenvalue weighted by atomic mass is 16.5. The number of ether oxygens (including phenoxy) is 1. The maximum Gasteiger partial charge on any atom is 0.172 e. The summed E-state index contributed by atoms with van der Waals surface area (Å²) < 4.78 is 4.81. The van der Waals surface area contributed by atoms with Crippen LogP contribution >= 0.6 is 0 Å². The van der Waals surface area contributed by atoms with Crippen molar-refractivity contribution in [3.05, 3.63) is 0 Å². The van der Waals surface area contributed by atoms with Gasteiger partial charge >= 0.3 is 0 Å². The molecule has 0 aromatic carbocycles. The predicted octanol–water partition coefficient (Wildman–Crippen LogP) is 1.32. The molecule has 1 heterocycles. The third-order valence-electron chi connectivity index (χ3n) is 2.99. The number of nitrogens with zero attached hydrogens (tertiary/aromatic N) is 1. The Balaban J connectivity index is 2.18. The number of Topliss-reactive ketones (excluding diaryl/α,β-unsaturated/α-hetero) is 1. The van der Waals surface area contributed by atoms with Crippen LogP contribution in [-0.4, -0.2) is 44.0 Å². The van der Waals surface area contributed by atoms with E-state index in [0.717, 1.165) is 19.0 Å². The number of hydrogen-bond acceptors (Lipinski definition) is 3. The van der Waals surface area contributed by atoms with Crippen molar-refractivity contribution >= 4 is 5.78 Å². The lowest BCUT2D eigenvalue weighted by Gasteiger charge is -2.30. The molecule has 82 valence electrons. The molecule has 0 spiro atoms. The minimum Gasteiger partial charge on any atom is -0.377 e. The van der Waals surface area contributed by atoms with Crippen LogP contribution < -0.4 is 0 Å².